The van der Waals surface area contributed by atoms with Crippen LogP contribution >= 0.6 is 0 Å². The Morgan fingerprint density at radius 1 is 1.13 bits per heavy atom. The fraction of sp³-hybridized carbons (Fsp3) is 0.467. The SMILES string of the molecule is O=C(C1CCC(=O)N1S(=O)(=O)c1ccccc1)N1CCOCC1. The van der Waals surface area contributed by atoms with Crippen molar-refractivity contribution < 1.29 is 22.7 Å². The lowest BCUT2D eigenvalue weighted by Crippen LogP contribution is -2.51. The molecule has 0 aromatic heterocycles. The van der Waals surface area contributed by atoms with Gasteiger partial charge in [0, 0.05) is 19.5 Å². The summed E-state index contributed by atoms with van der Waals surface area (Å²) in [4.78, 5) is 26.4. The molecule has 2 amide bonds. The Labute approximate surface area is 134 Å². The number of nitrogens with zero attached hydrogens (tertiary/aromatic N) is 2. The minimum absolute atomic E-state index is 0.0232. The number of ether oxygens (including phenoxy) is 1. The van der Waals surface area contributed by atoms with E-state index in [-0.39, 0.29) is 23.6 Å². The summed E-state index contributed by atoms with van der Waals surface area (Å²) in [6.07, 6.45) is 0.286. The first-order chi connectivity index (χ1) is 11.0. The zero-order valence-electron chi connectivity index (χ0n) is 12.6. The van der Waals surface area contributed by atoms with E-state index in [1.54, 1.807) is 23.1 Å². The third-order valence-electron chi connectivity index (χ3n) is 4.07. The van der Waals surface area contributed by atoms with E-state index in [0.29, 0.717) is 26.3 Å². The van der Waals surface area contributed by atoms with Crippen LogP contribution in [0.1, 0.15) is 12.8 Å². The number of hydrogen-bond donors (Lipinski definition) is 0. The van der Waals surface area contributed by atoms with Crippen molar-refractivity contribution in [3.05, 3.63) is 30.3 Å². The van der Waals surface area contributed by atoms with E-state index in [0.717, 1.165) is 4.31 Å². The molecule has 0 spiro atoms. The van der Waals surface area contributed by atoms with Crippen molar-refractivity contribution in [2.75, 3.05) is 26.3 Å². The van der Waals surface area contributed by atoms with Crippen LogP contribution in [0.15, 0.2) is 35.2 Å². The fourth-order valence-electron chi connectivity index (χ4n) is 2.89. The second-order valence-corrected chi connectivity index (χ2v) is 7.31. The lowest BCUT2D eigenvalue weighted by molar-refractivity contribution is -0.141. The van der Waals surface area contributed by atoms with Crippen molar-refractivity contribution in [2.45, 2.75) is 23.8 Å². The first-order valence-electron chi connectivity index (χ1n) is 7.50. The molecule has 1 unspecified atom stereocenters. The summed E-state index contributed by atoms with van der Waals surface area (Å²) in [6.45, 7) is 1.70. The summed E-state index contributed by atoms with van der Waals surface area (Å²) in [6, 6.07) is 6.78. The van der Waals surface area contributed by atoms with Crippen LogP contribution in [-0.2, 0) is 24.3 Å². The van der Waals surface area contributed by atoms with Gasteiger partial charge in [-0.2, -0.15) is 0 Å². The smallest absolute Gasteiger partial charge is 0.267 e. The largest absolute Gasteiger partial charge is 0.378 e. The van der Waals surface area contributed by atoms with Gasteiger partial charge in [0.1, 0.15) is 6.04 Å². The van der Waals surface area contributed by atoms with Crippen LogP contribution in [0.5, 0.6) is 0 Å². The molecular weight excluding hydrogens is 320 g/mol. The average Bonchev–Trinajstić information content (AvgIpc) is 2.98. The van der Waals surface area contributed by atoms with Gasteiger partial charge in [-0.05, 0) is 18.6 Å². The fourth-order valence-corrected chi connectivity index (χ4v) is 4.51. The zero-order valence-corrected chi connectivity index (χ0v) is 13.4. The zero-order chi connectivity index (χ0) is 16.4. The minimum atomic E-state index is -4.02. The van der Waals surface area contributed by atoms with Crippen molar-refractivity contribution in [2.24, 2.45) is 0 Å². The van der Waals surface area contributed by atoms with E-state index in [1.165, 1.54) is 12.1 Å². The van der Waals surface area contributed by atoms with Crippen LogP contribution in [0.4, 0.5) is 0 Å². The van der Waals surface area contributed by atoms with Crippen LogP contribution < -0.4 is 0 Å². The molecule has 7 nitrogen and oxygen atoms in total. The van der Waals surface area contributed by atoms with Crippen LogP contribution in [0.2, 0.25) is 0 Å². The third kappa shape index (κ3) is 2.96. The molecule has 1 aromatic carbocycles. The Morgan fingerprint density at radius 2 is 1.78 bits per heavy atom. The predicted octanol–water partition coefficient (Wildman–Crippen LogP) is 0.225. The molecule has 0 bridgehead atoms. The Hall–Kier alpha value is -1.93. The van der Waals surface area contributed by atoms with Gasteiger partial charge in [-0.1, -0.05) is 18.2 Å². The van der Waals surface area contributed by atoms with Crippen molar-refractivity contribution in [3.8, 4) is 0 Å². The Morgan fingerprint density at radius 3 is 2.43 bits per heavy atom. The second kappa shape index (κ2) is 6.29. The van der Waals surface area contributed by atoms with Gasteiger partial charge >= 0.3 is 0 Å². The maximum Gasteiger partial charge on any atom is 0.267 e. The number of morpholine rings is 1. The number of hydrogen-bond acceptors (Lipinski definition) is 5. The van der Waals surface area contributed by atoms with Crippen molar-refractivity contribution in [1.82, 2.24) is 9.21 Å². The summed E-state index contributed by atoms with van der Waals surface area (Å²) in [5.74, 6) is -0.848. The Bertz CT molecular complexity index is 698. The van der Waals surface area contributed by atoms with Crippen LogP contribution in [0.3, 0.4) is 0 Å². The van der Waals surface area contributed by atoms with Gasteiger partial charge in [0.2, 0.25) is 11.8 Å². The van der Waals surface area contributed by atoms with Gasteiger partial charge < -0.3 is 9.64 Å². The maximum atomic E-state index is 12.8. The lowest BCUT2D eigenvalue weighted by atomic mass is 10.2. The van der Waals surface area contributed by atoms with E-state index in [4.69, 9.17) is 4.74 Å². The molecule has 0 saturated carbocycles. The molecule has 0 aliphatic carbocycles. The number of amides is 2. The second-order valence-electron chi connectivity index (χ2n) is 5.50. The average molecular weight is 338 g/mol. The van der Waals surface area contributed by atoms with E-state index < -0.39 is 22.0 Å². The van der Waals surface area contributed by atoms with Crippen LogP contribution in [-0.4, -0.2) is 61.8 Å². The molecule has 2 saturated heterocycles. The summed E-state index contributed by atoms with van der Waals surface area (Å²) in [5, 5.41) is 0. The first kappa shape index (κ1) is 15.9. The molecule has 1 aromatic rings. The number of benzene rings is 1. The van der Waals surface area contributed by atoms with Crippen molar-refractivity contribution in [3.63, 3.8) is 0 Å². The molecule has 2 fully saturated rings. The molecular formula is C15H18N2O5S. The van der Waals surface area contributed by atoms with Gasteiger partial charge in [-0.25, -0.2) is 12.7 Å². The molecule has 1 atom stereocenters. The highest BCUT2D eigenvalue weighted by atomic mass is 32.2. The van der Waals surface area contributed by atoms with E-state index in [2.05, 4.69) is 0 Å². The third-order valence-corrected chi connectivity index (χ3v) is 5.91. The van der Waals surface area contributed by atoms with Crippen LogP contribution in [0, 0.1) is 0 Å². The van der Waals surface area contributed by atoms with Crippen molar-refractivity contribution in [1.29, 1.82) is 0 Å². The van der Waals surface area contributed by atoms with E-state index in [1.807, 2.05) is 0 Å². The Balaban J connectivity index is 1.89. The molecule has 0 N–H and O–H groups in total. The number of carbonyl (C=O) groups excluding carboxylic acids is 2. The minimum Gasteiger partial charge on any atom is -0.378 e. The molecule has 0 radical (unpaired) electrons. The number of carbonyl (C=O) groups is 2. The highest BCUT2D eigenvalue weighted by molar-refractivity contribution is 7.89. The van der Waals surface area contributed by atoms with Gasteiger partial charge in [0.15, 0.2) is 0 Å². The normalized spacial score (nSPS) is 22.4. The summed E-state index contributed by atoms with van der Waals surface area (Å²) in [7, 11) is -4.02. The highest BCUT2D eigenvalue weighted by Crippen LogP contribution is 2.28. The molecule has 8 heteroatoms. The van der Waals surface area contributed by atoms with E-state index in [9.17, 15) is 18.0 Å². The molecule has 2 heterocycles. The predicted molar refractivity (Wildman–Crippen MR) is 80.9 cm³/mol. The Kier molecular flexibility index (Phi) is 4.36. The topological polar surface area (TPSA) is 84.0 Å². The van der Waals surface area contributed by atoms with Crippen molar-refractivity contribution >= 4 is 21.8 Å². The molecule has 2 aliphatic heterocycles. The lowest BCUT2D eigenvalue weighted by Gasteiger charge is -2.32. The highest BCUT2D eigenvalue weighted by Gasteiger charge is 2.45. The van der Waals surface area contributed by atoms with Gasteiger partial charge in [-0.15, -0.1) is 0 Å². The first-order valence-corrected chi connectivity index (χ1v) is 8.94. The van der Waals surface area contributed by atoms with Gasteiger partial charge in [0.25, 0.3) is 10.0 Å². The van der Waals surface area contributed by atoms with Gasteiger partial charge in [0.05, 0.1) is 18.1 Å². The maximum absolute atomic E-state index is 12.8. The molecule has 124 valence electrons. The van der Waals surface area contributed by atoms with Gasteiger partial charge in [-0.3, -0.25) is 9.59 Å². The number of sulfonamides is 1. The molecule has 2 aliphatic rings. The van der Waals surface area contributed by atoms with Crippen LogP contribution in [0.25, 0.3) is 0 Å². The number of rotatable bonds is 3. The molecule has 3 rings (SSSR count). The quantitative estimate of drug-likeness (QED) is 0.787. The summed E-state index contributed by atoms with van der Waals surface area (Å²) >= 11 is 0. The monoisotopic (exact) mass is 338 g/mol. The summed E-state index contributed by atoms with van der Waals surface area (Å²) in [5.41, 5.74) is 0. The van der Waals surface area contributed by atoms with E-state index >= 15 is 0 Å². The standard InChI is InChI=1S/C15H18N2O5S/c18-14-7-6-13(15(19)16-8-10-22-11-9-16)17(14)23(20,21)12-4-2-1-3-5-12/h1-5,13H,6-11H2. The summed E-state index contributed by atoms with van der Waals surface area (Å²) < 4.78 is 31.5. The molecule has 23 heavy (non-hydrogen) atoms.